The number of fused-ring (bicyclic) bond motifs is 1. The number of benzene rings is 1. The van der Waals surface area contributed by atoms with E-state index in [1.54, 1.807) is 6.20 Å². The lowest BCUT2D eigenvalue weighted by molar-refractivity contribution is 0.0943. The van der Waals surface area contributed by atoms with E-state index >= 15 is 0 Å². The van der Waals surface area contributed by atoms with Gasteiger partial charge in [0.15, 0.2) is 5.65 Å². The maximum absolute atomic E-state index is 13.2. The molecule has 1 aromatic carbocycles. The molecule has 1 amide bonds. The number of hydrogen-bond acceptors (Lipinski definition) is 4. The molecule has 3 rings (SSSR count). The maximum atomic E-state index is 13.2. The van der Waals surface area contributed by atoms with Crippen LogP contribution in [0.15, 0.2) is 42.6 Å². The van der Waals surface area contributed by atoms with Gasteiger partial charge in [-0.15, -0.1) is 0 Å². The summed E-state index contributed by atoms with van der Waals surface area (Å²) in [7, 11) is 4.05. The SMILES string of the molecule is CC(C)c1cc(C(=O)NCC(c2ccccc2)N(C)C)c2cnn(C(C)C)c2n1. The minimum atomic E-state index is -0.0922. The van der Waals surface area contributed by atoms with Gasteiger partial charge in [-0.05, 0) is 45.5 Å². The van der Waals surface area contributed by atoms with Gasteiger partial charge in [-0.2, -0.15) is 5.10 Å². The van der Waals surface area contributed by atoms with E-state index in [1.165, 1.54) is 5.56 Å². The van der Waals surface area contributed by atoms with E-state index in [1.807, 2.05) is 43.0 Å². The number of nitrogens with zero attached hydrogens (tertiary/aromatic N) is 4. The van der Waals surface area contributed by atoms with E-state index < -0.39 is 0 Å². The van der Waals surface area contributed by atoms with Gasteiger partial charge in [-0.3, -0.25) is 4.79 Å². The molecule has 2 aromatic heterocycles. The van der Waals surface area contributed by atoms with Crippen molar-refractivity contribution in [2.75, 3.05) is 20.6 Å². The van der Waals surface area contributed by atoms with Crippen molar-refractivity contribution < 1.29 is 4.79 Å². The van der Waals surface area contributed by atoms with Crippen LogP contribution in [0.3, 0.4) is 0 Å². The third kappa shape index (κ3) is 4.48. The Kier molecular flexibility index (Phi) is 6.33. The zero-order valence-electron chi connectivity index (χ0n) is 18.2. The van der Waals surface area contributed by atoms with Crippen molar-refractivity contribution in [3.8, 4) is 0 Å². The molecule has 0 bridgehead atoms. The zero-order chi connectivity index (χ0) is 21.1. The van der Waals surface area contributed by atoms with Crippen LogP contribution in [0.1, 0.15) is 67.3 Å². The Morgan fingerprint density at radius 1 is 1.14 bits per heavy atom. The highest BCUT2D eigenvalue weighted by Gasteiger charge is 2.21. The lowest BCUT2D eigenvalue weighted by atomic mass is 10.0. The summed E-state index contributed by atoms with van der Waals surface area (Å²) in [5, 5.41) is 8.40. The molecule has 1 unspecified atom stereocenters. The quantitative estimate of drug-likeness (QED) is 0.654. The molecule has 29 heavy (non-hydrogen) atoms. The van der Waals surface area contributed by atoms with Crippen molar-refractivity contribution in [3.05, 3.63) is 59.4 Å². The third-order valence-electron chi connectivity index (χ3n) is 5.18. The molecule has 0 aliphatic carbocycles. The van der Waals surface area contributed by atoms with Crippen LogP contribution < -0.4 is 5.32 Å². The normalized spacial score (nSPS) is 12.9. The molecule has 6 heteroatoms. The smallest absolute Gasteiger partial charge is 0.252 e. The lowest BCUT2D eigenvalue weighted by Gasteiger charge is -2.25. The number of amides is 1. The molecule has 3 aromatic rings. The van der Waals surface area contributed by atoms with Crippen LogP contribution in [0.5, 0.6) is 0 Å². The Morgan fingerprint density at radius 3 is 2.41 bits per heavy atom. The lowest BCUT2D eigenvalue weighted by Crippen LogP contribution is -2.34. The summed E-state index contributed by atoms with van der Waals surface area (Å²) in [6.45, 7) is 8.83. The molecule has 0 saturated carbocycles. The van der Waals surface area contributed by atoms with Crippen molar-refractivity contribution in [3.63, 3.8) is 0 Å². The van der Waals surface area contributed by atoms with Gasteiger partial charge in [0.1, 0.15) is 0 Å². The second kappa shape index (κ2) is 8.74. The number of carbonyl (C=O) groups excluding carboxylic acids is 1. The Balaban J connectivity index is 1.92. The zero-order valence-corrected chi connectivity index (χ0v) is 18.2. The highest BCUT2D eigenvalue weighted by molar-refractivity contribution is 6.05. The van der Waals surface area contributed by atoms with Crippen LogP contribution in [0.25, 0.3) is 11.0 Å². The fourth-order valence-corrected chi connectivity index (χ4v) is 3.46. The summed E-state index contributed by atoms with van der Waals surface area (Å²) >= 11 is 0. The van der Waals surface area contributed by atoms with Gasteiger partial charge < -0.3 is 10.2 Å². The molecule has 6 nitrogen and oxygen atoms in total. The number of carbonyl (C=O) groups is 1. The van der Waals surface area contributed by atoms with Crippen molar-refractivity contribution in [1.82, 2.24) is 25.0 Å². The van der Waals surface area contributed by atoms with E-state index in [2.05, 4.69) is 55.1 Å². The van der Waals surface area contributed by atoms with Gasteiger partial charge in [0.05, 0.1) is 23.2 Å². The van der Waals surface area contributed by atoms with Gasteiger partial charge in [0.25, 0.3) is 5.91 Å². The molecule has 0 fully saturated rings. The van der Waals surface area contributed by atoms with Crippen LogP contribution in [0.2, 0.25) is 0 Å². The second-order valence-electron chi connectivity index (χ2n) is 8.27. The summed E-state index contributed by atoms with van der Waals surface area (Å²) in [6.07, 6.45) is 1.75. The van der Waals surface area contributed by atoms with E-state index in [0.29, 0.717) is 12.1 Å². The summed E-state index contributed by atoms with van der Waals surface area (Å²) < 4.78 is 1.88. The van der Waals surface area contributed by atoms with Crippen LogP contribution in [0, 0.1) is 0 Å². The van der Waals surface area contributed by atoms with Crippen LogP contribution in [-0.4, -0.2) is 46.2 Å². The van der Waals surface area contributed by atoms with Gasteiger partial charge in [0.2, 0.25) is 0 Å². The minimum absolute atomic E-state index is 0.0922. The Labute approximate surface area is 172 Å². The summed E-state index contributed by atoms with van der Waals surface area (Å²) in [5.74, 6) is 0.130. The monoisotopic (exact) mass is 393 g/mol. The van der Waals surface area contributed by atoms with Gasteiger partial charge >= 0.3 is 0 Å². The van der Waals surface area contributed by atoms with Crippen LogP contribution in [-0.2, 0) is 0 Å². The van der Waals surface area contributed by atoms with Crippen molar-refractivity contribution >= 4 is 16.9 Å². The molecular weight excluding hydrogens is 362 g/mol. The minimum Gasteiger partial charge on any atom is -0.350 e. The molecule has 0 saturated heterocycles. The predicted molar refractivity (Wildman–Crippen MR) is 117 cm³/mol. The number of likely N-dealkylation sites (N-methyl/N-ethyl adjacent to an activating group) is 1. The van der Waals surface area contributed by atoms with Crippen LogP contribution in [0.4, 0.5) is 0 Å². The Morgan fingerprint density at radius 2 is 1.83 bits per heavy atom. The molecule has 0 aliphatic heterocycles. The first-order valence-corrected chi connectivity index (χ1v) is 10.2. The number of aromatic nitrogens is 3. The summed E-state index contributed by atoms with van der Waals surface area (Å²) in [5.41, 5.74) is 3.48. The predicted octanol–water partition coefficient (Wildman–Crippen LogP) is 4.17. The van der Waals surface area contributed by atoms with Crippen LogP contribution >= 0.6 is 0 Å². The van der Waals surface area contributed by atoms with Gasteiger partial charge in [-0.25, -0.2) is 9.67 Å². The standard InChI is InChI=1S/C23H31N5O/c1-15(2)20-12-18(19-13-25-28(16(3)4)22(19)26-20)23(29)24-14-21(27(5)6)17-10-8-7-9-11-17/h7-13,15-16,21H,14H2,1-6H3,(H,24,29). The average Bonchev–Trinajstić information content (AvgIpc) is 3.12. The molecular formula is C23H31N5O. The molecule has 1 atom stereocenters. The Hall–Kier alpha value is -2.73. The number of pyridine rings is 1. The second-order valence-corrected chi connectivity index (χ2v) is 8.27. The molecule has 0 radical (unpaired) electrons. The first kappa shape index (κ1) is 21.0. The van der Waals surface area contributed by atoms with E-state index in [0.717, 1.165) is 16.7 Å². The van der Waals surface area contributed by atoms with Gasteiger partial charge in [-0.1, -0.05) is 44.2 Å². The summed E-state index contributed by atoms with van der Waals surface area (Å²) in [6, 6.07) is 12.4. The number of hydrogen-bond donors (Lipinski definition) is 1. The number of rotatable bonds is 7. The number of nitrogens with one attached hydrogen (secondary N) is 1. The third-order valence-corrected chi connectivity index (χ3v) is 5.18. The maximum Gasteiger partial charge on any atom is 0.252 e. The fraction of sp³-hybridized carbons (Fsp3) is 0.435. The van der Waals surface area contributed by atoms with Crippen molar-refractivity contribution in [2.45, 2.75) is 45.7 Å². The largest absolute Gasteiger partial charge is 0.350 e. The van der Waals surface area contributed by atoms with E-state index in [9.17, 15) is 4.79 Å². The first-order valence-electron chi connectivity index (χ1n) is 10.2. The highest BCUT2D eigenvalue weighted by atomic mass is 16.1. The molecule has 154 valence electrons. The van der Waals surface area contributed by atoms with E-state index in [4.69, 9.17) is 4.98 Å². The summed E-state index contributed by atoms with van der Waals surface area (Å²) in [4.78, 5) is 20.1. The first-order chi connectivity index (χ1) is 13.8. The van der Waals surface area contributed by atoms with E-state index in [-0.39, 0.29) is 23.9 Å². The highest BCUT2D eigenvalue weighted by Crippen LogP contribution is 2.25. The topological polar surface area (TPSA) is 63.1 Å². The van der Waals surface area contributed by atoms with Crippen molar-refractivity contribution in [1.29, 1.82) is 0 Å². The Bertz CT molecular complexity index is 976. The fourth-order valence-electron chi connectivity index (χ4n) is 3.46. The molecule has 0 aliphatic rings. The average molecular weight is 394 g/mol. The molecule has 0 spiro atoms. The van der Waals surface area contributed by atoms with Gasteiger partial charge in [0, 0.05) is 18.3 Å². The molecule has 2 heterocycles. The molecule has 1 N–H and O–H groups in total. The van der Waals surface area contributed by atoms with Crippen molar-refractivity contribution in [2.24, 2.45) is 0 Å².